The summed E-state index contributed by atoms with van der Waals surface area (Å²) in [7, 11) is 0. The van der Waals surface area contributed by atoms with E-state index >= 15 is 0 Å². The molecular formula is C15H16N2O2S. The fourth-order valence-electron chi connectivity index (χ4n) is 1.95. The van der Waals surface area contributed by atoms with Crippen molar-refractivity contribution in [2.45, 2.75) is 13.5 Å². The van der Waals surface area contributed by atoms with Crippen LogP contribution >= 0.6 is 12.2 Å². The van der Waals surface area contributed by atoms with Crippen LogP contribution in [-0.2, 0) is 6.54 Å². The molecule has 0 spiro atoms. The maximum absolute atomic E-state index is 11.7. The van der Waals surface area contributed by atoms with Crippen LogP contribution in [0.5, 0.6) is 5.75 Å². The number of nitrogens with zero attached hydrogens (tertiary/aromatic N) is 1. The van der Waals surface area contributed by atoms with Crippen LogP contribution in [0.3, 0.4) is 0 Å². The topological polar surface area (TPSA) is 57.2 Å². The van der Waals surface area contributed by atoms with E-state index in [9.17, 15) is 4.79 Å². The maximum atomic E-state index is 11.7. The van der Waals surface area contributed by atoms with E-state index in [2.05, 4.69) is 0 Å². The van der Waals surface area contributed by atoms with Gasteiger partial charge in [-0.15, -0.1) is 0 Å². The zero-order chi connectivity index (χ0) is 14.5. The normalized spacial score (nSPS) is 10.2. The summed E-state index contributed by atoms with van der Waals surface area (Å²) in [6.45, 7) is 2.76. The second kappa shape index (κ2) is 6.34. The molecule has 5 heteroatoms. The predicted octanol–water partition coefficient (Wildman–Crippen LogP) is 1.87. The Morgan fingerprint density at radius 1 is 1.25 bits per heavy atom. The number of pyridine rings is 1. The van der Waals surface area contributed by atoms with Crippen LogP contribution in [0.25, 0.3) is 0 Å². The number of benzene rings is 1. The standard InChI is InChI=1S/C15H16N2O2S/c1-11-5-4-8-14(18)17(11)9-10-19-13-7-3-2-6-12(13)15(16)20/h2-8H,9-10H2,1H3,(H2,16,20). The van der Waals surface area contributed by atoms with Crippen LogP contribution in [0, 0.1) is 6.92 Å². The molecule has 0 aliphatic rings. The Kier molecular flexibility index (Phi) is 4.53. The van der Waals surface area contributed by atoms with Gasteiger partial charge in [-0.3, -0.25) is 4.79 Å². The molecule has 0 bridgehead atoms. The van der Waals surface area contributed by atoms with Gasteiger partial charge in [0.25, 0.3) is 5.56 Å². The lowest BCUT2D eigenvalue weighted by Crippen LogP contribution is -2.24. The van der Waals surface area contributed by atoms with Gasteiger partial charge in [0.05, 0.1) is 12.1 Å². The summed E-state index contributed by atoms with van der Waals surface area (Å²) in [5, 5.41) is 0. The van der Waals surface area contributed by atoms with Gasteiger partial charge in [0, 0.05) is 11.8 Å². The zero-order valence-corrected chi connectivity index (χ0v) is 12.0. The van der Waals surface area contributed by atoms with Gasteiger partial charge in [-0.2, -0.15) is 0 Å². The molecule has 0 fully saturated rings. The molecule has 104 valence electrons. The van der Waals surface area contributed by atoms with Gasteiger partial charge in [0.1, 0.15) is 17.3 Å². The van der Waals surface area contributed by atoms with Crippen molar-refractivity contribution >= 4 is 17.2 Å². The number of nitrogens with two attached hydrogens (primary N) is 1. The van der Waals surface area contributed by atoms with Crippen molar-refractivity contribution in [3.8, 4) is 5.75 Å². The lowest BCUT2D eigenvalue weighted by molar-refractivity contribution is 0.294. The van der Waals surface area contributed by atoms with Crippen molar-refractivity contribution in [2.75, 3.05) is 6.61 Å². The number of rotatable bonds is 5. The lowest BCUT2D eigenvalue weighted by atomic mass is 10.2. The quantitative estimate of drug-likeness (QED) is 0.853. The molecule has 2 rings (SSSR count). The van der Waals surface area contributed by atoms with Crippen molar-refractivity contribution in [2.24, 2.45) is 5.73 Å². The molecule has 0 aliphatic heterocycles. The average Bonchev–Trinajstić information content (AvgIpc) is 2.42. The highest BCUT2D eigenvalue weighted by molar-refractivity contribution is 7.80. The fraction of sp³-hybridized carbons (Fsp3) is 0.200. The first-order valence-corrected chi connectivity index (χ1v) is 6.68. The van der Waals surface area contributed by atoms with Crippen molar-refractivity contribution in [1.29, 1.82) is 0 Å². The van der Waals surface area contributed by atoms with Crippen molar-refractivity contribution < 1.29 is 4.74 Å². The molecule has 4 nitrogen and oxygen atoms in total. The average molecular weight is 288 g/mol. The number of hydrogen-bond donors (Lipinski definition) is 1. The Morgan fingerprint density at radius 3 is 2.70 bits per heavy atom. The van der Waals surface area contributed by atoms with Crippen molar-refractivity contribution in [3.63, 3.8) is 0 Å². The van der Waals surface area contributed by atoms with Gasteiger partial charge in [-0.1, -0.05) is 30.4 Å². The summed E-state index contributed by atoms with van der Waals surface area (Å²) in [5.41, 5.74) is 7.22. The molecular weight excluding hydrogens is 272 g/mol. The molecule has 20 heavy (non-hydrogen) atoms. The third kappa shape index (κ3) is 3.24. The lowest BCUT2D eigenvalue weighted by Gasteiger charge is -2.12. The third-order valence-electron chi connectivity index (χ3n) is 2.99. The van der Waals surface area contributed by atoms with E-state index in [0.29, 0.717) is 29.5 Å². The van der Waals surface area contributed by atoms with E-state index in [0.717, 1.165) is 5.69 Å². The molecule has 0 atom stereocenters. The van der Waals surface area contributed by atoms with Gasteiger partial charge in [0.2, 0.25) is 0 Å². The number of aromatic nitrogens is 1. The number of aryl methyl sites for hydroxylation is 1. The molecule has 2 aromatic rings. The molecule has 0 amide bonds. The van der Waals surface area contributed by atoms with Crippen molar-refractivity contribution in [1.82, 2.24) is 4.57 Å². The van der Waals surface area contributed by atoms with Crippen LogP contribution < -0.4 is 16.0 Å². The summed E-state index contributed by atoms with van der Waals surface area (Å²) in [6, 6.07) is 12.5. The first-order valence-electron chi connectivity index (χ1n) is 6.27. The molecule has 0 saturated carbocycles. The minimum absolute atomic E-state index is 0.0313. The first kappa shape index (κ1) is 14.3. The highest BCUT2D eigenvalue weighted by Gasteiger charge is 2.06. The monoisotopic (exact) mass is 288 g/mol. The highest BCUT2D eigenvalue weighted by atomic mass is 32.1. The molecule has 1 aromatic heterocycles. The second-order valence-corrected chi connectivity index (χ2v) is 4.81. The van der Waals surface area contributed by atoms with E-state index in [4.69, 9.17) is 22.7 Å². The minimum Gasteiger partial charge on any atom is -0.491 e. The summed E-state index contributed by atoms with van der Waals surface area (Å²) in [4.78, 5) is 12.0. The third-order valence-corrected chi connectivity index (χ3v) is 3.21. The predicted molar refractivity (Wildman–Crippen MR) is 83.3 cm³/mol. The maximum Gasteiger partial charge on any atom is 0.250 e. The number of ether oxygens (including phenoxy) is 1. The summed E-state index contributed by atoms with van der Waals surface area (Å²) >= 11 is 4.98. The molecule has 0 unspecified atom stereocenters. The van der Waals surface area contributed by atoms with Crippen LogP contribution in [-0.4, -0.2) is 16.2 Å². The van der Waals surface area contributed by atoms with E-state index < -0.39 is 0 Å². The van der Waals surface area contributed by atoms with E-state index in [-0.39, 0.29) is 5.56 Å². The minimum atomic E-state index is -0.0313. The largest absolute Gasteiger partial charge is 0.491 e. The van der Waals surface area contributed by atoms with Crippen LogP contribution in [0.15, 0.2) is 47.3 Å². The molecule has 0 saturated heterocycles. The Labute approximate surface area is 122 Å². The number of para-hydroxylation sites is 1. The summed E-state index contributed by atoms with van der Waals surface area (Å²) in [5.74, 6) is 0.640. The van der Waals surface area contributed by atoms with E-state index in [1.54, 1.807) is 10.6 Å². The van der Waals surface area contributed by atoms with E-state index in [1.165, 1.54) is 6.07 Å². The number of thiocarbonyl (C=S) groups is 1. The van der Waals surface area contributed by atoms with Crippen LogP contribution in [0.2, 0.25) is 0 Å². The SMILES string of the molecule is Cc1cccc(=O)n1CCOc1ccccc1C(N)=S. The van der Waals surface area contributed by atoms with Crippen LogP contribution in [0.4, 0.5) is 0 Å². The highest BCUT2D eigenvalue weighted by Crippen LogP contribution is 2.17. The second-order valence-electron chi connectivity index (χ2n) is 4.37. The molecule has 0 aliphatic carbocycles. The Hall–Kier alpha value is -2.14. The molecule has 1 aromatic carbocycles. The van der Waals surface area contributed by atoms with Gasteiger partial charge in [-0.05, 0) is 25.1 Å². The Bertz CT molecular complexity index is 680. The van der Waals surface area contributed by atoms with Gasteiger partial charge < -0.3 is 15.0 Å². The first-order chi connectivity index (χ1) is 9.59. The van der Waals surface area contributed by atoms with Crippen molar-refractivity contribution in [3.05, 3.63) is 64.1 Å². The molecule has 0 radical (unpaired) electrons. The fourth-order valence-corrected chi connectivity index (χ4v) is 2.12. The van der Waals surface area contributed by atoms with Crippen LogP contribution in [0.1, 0.15) is 11.3 Å². The molecule has 1 heterocycles. The van der Waals surface area contributed by atoms with E-state index in [1.807, 2.05) is 37.3 Å². The van der Waals surface area contributed by atoms with Gasteiger partial charge in [-0.25, -0.2) is 0 Å². The molecule has 2 N–H and O–H groups in total. The Morgan fingerprint density at radius 2 is 2.00 bits per heavy atom. The van der Waals surface area contributed by atoms with Gasteiger partial charge >= 0.3 is 0 Å². The zero-order valence-electron chi connectivity index (χ0n) is 11.2. The summed E-state index contributed by atoms with van der Waals surface area (Å²) < 4.78 is 7.36. The number of hydrogen-bond acceptors (Lipinski definition) is 3. The smallest absolute Gasteiger partial charge is 0.250 e. The summed E-state index contributed by atoms with van der Waals surface area (Å²) in [6.07, 6.45) is 0. The Balaban J connectivity index is 2.07. The van der Waals surface area contributed by atoms with Gasteiger partial charge in [0.15, 0.2) is 0 Å².